The van der Waals surface area contributed by atoms with Crippen LogP contribution in [0.2, 0.25) is 0 Å². The smallest absolute Gasteiger partial charge is 0.0522 e. The van der Waals surface area contributed by atoms with E-state index in [1.165, 1.54) is 12.8 Å². The molecule has 2 unspecified atom stereocenters. The molecule has 0 aliphatic carbocycles. The van der Waals surface area contributed by atoms with Gasteiger partial charge in [-0.3, -0.25) is 4.99 Å². The molecule has 0 aromatic carbocycles. The zero-order valence-electron chi connectivity index (χ0n) is 5.59. The van der Waals surface area contributed by atoms with Gasteiger partial charge in [0.25, 0.3) is 0 Å². The van der Waals surface area contributed by atoms with Crippen LogP contribution < -0.4 is 0 Å². The lowest BCUT2D eigenvalue weighted by molar-refractivity contribution is 0.492. The first-order valence-corrected chi connectivity index (χ1v) is 3.36. The van der Waals surface area contributed by atoms with E-state index < -0.39 is 0 Å². The van der Waals surface area contributed by atoms with Crippen molar-refractivity contribution < 1.29 is 0 Å². The predicted octanol–water partition coefficient (Wildman–Crippen LogP) is 1.88. The fourth-order valence-electron chi connectivity index (χ4n) is 1.17. The molecule has 8 heavy (non-hydrogen) atoms. The minimum atomic E-state index is 0.634. The second kappa shape index (κ2) is 2.29. The summed E-state index contributed by atoms with van der Waals surface area (Å²) in [6.45, 7) is 4.46. The molecule has 46 valence electrons. The van der Waals surface area contributed by atoms with Gasteiger partial charge in [-0.1, -0.05) is 13.8 Å². The molecule has 0 spiro atoms. The number of nitrogens with zero attached hydrogens (tertiary/aromatic N) is 1. The SMILES string of the molecule is CCC1N=CCC1C. The fourth-order valence-corrected chi connectivity index (χ4v) is 1.17. The van der Waals surface area contributed by atoms with Crippen LogP contribution >= 0.6 is 0 Å². The van der Waals surface area contributed by atoms with E-state index in [4.69, 9.17) is 0 Å². The topological polar surface area (TPSA) is 12.4 Å². The van der Waals surface area contributed by atoms with Crippen molar-refractivity contribution in [2.24, 2.45) is 10.9 Å². The first-order chi connectivity index (χ1) is 3.84. The average Bonchev–Trinajstić information content (AvgIpc) is 2.14. The third-order valence-corrected chi connectivity index (χ3v) is 1.85. The maximum absolute atomic E-state index is 4.31. The molecule has 0 saturated heterocycles. The third-order valence-electron chi connectivity index (χ3n) is 1.85. The minimum absolute atomic E-state index is 0.634. The largest absolute Gasteiger partial charge is 0.294 e. The van der Waals surface area contributed by atoms with Crippen LogP contribution in [0.5, 0.6) is 0 Å². The van der Waals surface area contributed by atoms with Gasteiger partial charge >= 0.3 is 0 Å². The van der Waals surface area contributed by atoms with Gasteiger partial charge in [0.1, 0.15) is 0 Å². The Morgan fingerprint density at radius 2 is 2.50 bits per heavy atom. The summed E-state index contributed by atoms with van der Waals surface area (Å²) in [6, 6.07) is 0.634. The lowest BCUT2D eigenvalue weighted by Gasteiger charge is -2.08. The Kier molecular flexibility index (Phi) is 1.66. The zero-order valence-corrected chi connectivity index (χ0v) is 5.59. The molecule has 1 rings (SSSR count). The first kappa shape index (κ1) is 5.80. The van der Waals surface area contributed by atoms with Crippen LogP contribution in [0.15, 0.2) is 4.99 Å². The highest BCUT2D eigenvalue weighted by atomic mass is 14.8. The Morgan fingerprint density at radius 1 is 1.75 bits per heavy atom. The summed E-state index contributed by atoms with van der Waals surface area (Å²) in [5.74, 6) is 0.806. The van der Waals surface area contributed by atoms with E-state index in [2.05, 4.69) is 25.1 Å². The normalized spacial score (nSPS) is 36.2. The monoisotopic (exact) mass is 111 g/mol. The Bertz CT molecular complexity index is 96.6. The molecule has 0 aromatic rings. The van der Waals surface area contributed by atoms with Crippen molar-refractivity contribution in [2.75, 3.05) is 0 Å². The molecule has 0 aromatic heterocycles. The van der Waals surface area contributed by atoms with Crippen molar-refractivity contribution in [3.63, 3.8) is 0 Å². The zero-order chi connectivity index (χ0) is 5.98. The summed E-state index contributed by atoms with van der Waals surface area (Å²) >= 11 is 0. The molecular formula is C7H13N. The molecule has 0 saturated carbocycles. The molecule has 2 atom stereocenters. The van der Waals surface area contributed by atoms with Gasteiger partial charge in [0.05, 0.1) is 6.04 Å². The van der Waals surface area contributed by atoms with Gasteiger partial charge in [-0.05, 0) is 25.0 Å². The Labute approximate surface area is 50.8 Å². The van der Waals surface area contributed by atoms with E-state index >= 15 is 0 Å². The van der Waals surface area contributed by atoms with E-state index in [9.17, 15) is 0 Å². The molecule has 1 heterocycles. The Balaban J connectivity index is 2.41. The number of hydrogen-bond donors (Lipinski definition) is 0. The minimum Gasteiger partial charge on any atom is -0.294 e. The maximum atomic E-state index is 4.31. The molecule has 0 amide bonds. The van der Waals surface area contributed by atoms with Gasteiger partial charge < -0.3 is 0 Å². The van der Waals surface area contributed by atoms with E-state index in [0.717, 1.165) is 5.92 Å². The summed E-state index contributed by atoms with van der Waals surface area (Å²) in [7, 11) is 0. The average molecular weight is 111 g/mol. The molecule has 1 aliphatic rings. The van der Waals surface area contributed by atoms with Crippen LogP contribution in [0.25, 0.3) is 0 Å². The Hall–Kier alpha value is -0.330. The molecule has 0 radical (unpaired) electrons. The Morgan fingerprint density at radius 3 is 2.75 bits per heavy atom. The number of rotatable bonds is 1. The van der Waals surface area contributed by atoms with Crippen molar-refractivity contribution in [1.29, 1.82) is 0 Å². The van der Waals surface area contributed by atoms with Crippen molar-refractivity contribution in [3.05, 3.63) is 0 Å². The van der Waals surface area contributed by atoms with Gasteiger partial charge in [-0.25, -0.2) is 0 Å². The van der Waals surface area contributed by atoms with Crippen molar-refractivity contribution in [3.8, 4) is 0 Å². The predicted molar refractivity (Wildman–Crippen MR) is 36.4 cm³/mol. The number of aliphatic imine (C=N–C) groups is 1. The van der Waals surface area contributed by atoms with Crippen LogP contribution in [0, 0.1) is 5.92 Å². The molecule has 1 aliphatic heterocycles. The fraction of sp³-hybridized carbons (Fsp3) is 0.857. The van der Waals surface area contributed by atoms with Gasteiger partial charge in [-0.2, -0.15) is 0 Å². The molecule has 1 heteroatoms. The second-order valence-corrected chi connectivity index (χ2v) is 2.52. The lowest BCUT2D eigenvalue weighted by Crippen LogP contribution is -2.07. The highest BCUT2D eigenvalue weighted by Gasteiger charge is 2.16. The molecule has 0 bridgehead atoms. The molecule has 0 fully saturated rings. The van der Waals surface area contributed by atoms with E-state index in [-0.39, 0.29) is 0 Å². The third kappa shape index (κ3) is 0.908. The lowest BCUT2D eigenvalue weighted by atomic mass is 10.0. The molecule has 1 nitrogen and oxygen atoms in total. The van der Waals surface area contributed by atoms with Gasteiger partial charge in [0.15, 0.2) is 0 Å². The molecular weight excluding hydrogens is 98.1 g/mol. The quantitative estimate of drug-likeness (QED) is 0.490. The highest BCUT2D eigenvalue weighted by Crippen LogP contribution is 2.18. The van der Waals surface area contributed by atoms with Crippen LogP contribution in [-0.4, -0.2) is 12.3 Å². The van der Waals surface area contributed by atoms with Crippen LogP contribution in [-0.2, 0) is 0 Å². The summed E-state index contributed by atoms with van der Waals surface area (Å²) in [5, 5.41) is 0. The van der Waals surface area contributed by atoms with E-state index in [1.807, 2.05) is 0 Å². The number of hydrogen-bond acceptors (Lipinski definition) is 1. The van der Waals surface area contributed by atoms with Crippen LogP contribution in [0.1, 0.15) is 26.7 Å². The molecule has 0 N–H and O–H groups in total. The highest BCUT2D eigenvalue weighted by molar-refractivity contribution is 5.60. The summed E-state index contributed by atoms with van der Waals surface area (Å²) in [5.41, 5.74) is 0. The summed E-state index contributed by atoms with van der Waals surface area (Å²) in [6.07, 6.45) is 4.45. The van der Waals surface area contributed by atoms with Gasteiger partial charge in [0.2, 0.25) is 0 Å². The van der Waals surface area contributed by atoms with Crippen LogP contribution in [0.4, 0.5) is 0 Å². The second-order valence-electron chi connectivity index (χ2n) is 2.52. The van der Waals surface area contributed by atoms with Crippen molar-refractivity contribution in [1.82, 2.24) is 0 Å². The summed E-state index contributed by atoms with van der Waals surface area (Å²) < 4.78 is 0. The first-order valence-electron chi connectivity index (χ1n) is 3.36. The van der Waals surface area contributed by atoms with Crippen molar-refractivity contribution in [2.45, 2.75) is 32.7 Å². The summed E-state index contributed by atoms with van der Waals surface area (Å²) in [4.78, 5) is 4.31. The van der Waals surface area contributed by atoms with Gasteiger partial charge in [-0.15, -0.1) is 0 Å². The standard InChI is InChI=1S/C7H13N/c1-3-7-6(2)4-5-8-7/h5-7H,3-4H2,1-2H3. The van der Waals surface area contributed by atoms with E-state index in [0.29, 0.717) is 6.04 Å². The van der Waals surface area contributed by atoms with Crippen molar-refractivity contribution >= 4 is 6.21 Å². The maximum Gasteiger partial charge on any atom is 0.0522 e. The van der Waals surface area contributed by atoms with E-state index in [1.54, 1.807) is 0 Å². The van der Waals surface area contributed by atoms with Gasteiger partial charge in [0, 0.05) is 0 Å². The van der Waals surface area contributed by atoms with Crippen LogP contribution in [0.3, 0.4) is 0 Å².